The Morgan fingerprint density at radius 1 is 1.08 bits per heavy atom. The summed E-state index contributed by atoms with van der Waals surface area (Å²) in [4.78, 5) is 21.1. The van der Waals surface area contributed by atoms with Crippen molar-refractivity contribution in [2.24, 2.45) is 0 Å². The third kappa shape index (κ3) is 6.96. The number of nitrogens with zero attached hydrogens (tertiary/aromatic N) is 3. The second-order valence-corrected chi connectivity index (χ2v) is 10.3. The molecular formula is C25H26ClN7O5S. The van der Waals surface area contributed by atoms with Crippen LogP contribution in [0.3, 0.4) is 0 Å². The maximum atomic E-state index is 12.4. The van der Waals surface area contributed by atoms with E-state index in [2.05, 4.69) is 30.6 Å². The minimum absolute atomic E-state index is 0.147. The van der Waals surface area contributed by atoms with Crippen molar-refractivity contribution in [2.75, 3.05) is 41.9 Å². The van der Waals surface area contributed by atoms with Gasteiger partial charge in [0.1, 0.15) is 16.5 Å². The van der Waals surface area contributed by atoms with Crippen LogP contribution in [0.5, 0.6) is 5.75 Å². The molecule has 4 rings (SSSR count). The molecular weight excluding hydrogens is 546 g/mol. The van der Waals surface area contributed by atoms with Crippen molar-refractivity contribution in [3.8, 4) is 11.4 Å². The van der Waals surface area contributed by atoms with E-state index in [0.29, 0.717) is 34.2 Å². The maximum Gasteiger partial charge on any atom is 0.268 e. The van der Waals surface area contributed by atoms with Crippen molar-refractivity contribution >= 4 is 56.4 Å². The highest BCUT2D eigenvalue weighted by Crippen LogP contribution is 2.32. The summed E-state index contributed by atoms with van der Waals surface area (Å²) in [6.45, 7) is -0.0113. The van der Waals surface area contributed by atoms with E-state index < -0.39 is 10.0 Å². The molecule has 0 bridgehead atoms. The molecule has 4 aromatic rings. The molecule has 0 aliphatic heterocycles. The number of aliphatic hydroxyl groups is 1. The van der Waals surface area contributed by atoms with Gasteiger partial charge in [-0.15, -0.1) is 0 Å². The van der Waals surface area contributed by atoms with Crippen LogP contribution in [0.2, 0.25) is 5.02 Å². The molecule has 5 N–H and O–H groups in total. The molecule has 39 heavy (non-hydrogen) atoms. The minimum atomic E-state index is -3.51. The molecule has 2 aromatic heterocycles. The first-order valence-corrected chi connectivity index (χ1v) is 13.8. The average Bonchev–Trinajstić information content (AvgIpc) is 3.40. The highest BCUT2D eigenvalue weighted by molar-refractivity contribution is 7.92. The summed E-state index contributed by atoms with van der Waals surface area (Å²) in [5.41, 5.74) is 2.39. The van der Waals surface area contributed by atoms with Gasteiger partial charge in [-0.3, -0.25) is 9.52 Å². The monoisotopic (exact) mass is 571 g/mol. The number of benzene rings is 2. The molecule has 0 radical (unpaired) electrons. The molecule has 0 aliphatic carbocycles. The van der Waals surface area contributed by atoms with E-state index in [-0.39, 0.29) is 35.8 Å². The van der Waals surface area contributed by atoms with Crippen LogP contribution in [-0.2, 0) is 10.0 Å². The number of anilines is 5. The van der Waals surface area contributed by atoms with E-state index >= 15 is 0 Å². The number of para-hydroxylation sites is 2. The molecule has 0 saturated heterocycles. The third-order valence-electron chi connectivity index (χ3n) is 5.31. The van der Waals surface area contributed by atoms with Gasteiger partial charge in [-0.25, -0.2) is 13.4 Å². The Kier molecular flexibility index (Phi) is 8.54. The second-order valence-electron chi connectivity index (χ2n) is 8.19. The van der Waals surface area contributed by atoms with Gasteiger partial charge < -0.3 is 30.4 Å². The van der Waals surface area contributed by atoms with Crippen LogP contribution in [0, 0.1) is 0 Å². The summed E-state index contributed by atoms with van der Waals surface area (Å²) in [6.07, 6.45) is 4.21. The number of halogens is 1. The molecule has 2 aromatic carbocycles. The molecule has 14 heteroatoms. The number of nitrogens with one attached hydrogen (secondary N) is 4. The predicted molar refractivity (Wildman–Crippen MR) is 150 cm³/mol. The van der Waals surface area contributed by atoms with Gasteiger partial charge in [-0.05, 0) is 36.4 Å². The number of aromatic nitrogens is 3. The van der Waals surface area contributed by atoms with Crippen LogP contribution in [0.4, 0.5) is 28.8 Å². The zero-order valence-electron chi connectivity index (χ0n) is 21.0. The number of amides is 1. The topological polar surface area (TPSA) is 160 Å². The van der Waals surface area contributed by atoms with E-state index in [1.165, 1.54) is 13.3 Å². The van der Waals surface area contributed by atoms with E-state index in [1.54, 1.807) is 65.4 Å². The predicted octanol–water partition coefficient (Wildman–Crippen LogP) is 3.51. The van der Waals surface area contributed by atoms with Crippen molar-refractivity contribution in [3.63, 3.8) is 0 Å². The molecule has 0 unspecified atom stereocenters. The molecule has 0 spiro atoms. The van der Waals surface area contributed by atoms with Gasteiger partial charge in [0.2, 0.25) is 16.0 Å². The second kappa shape index (κ2) is 12.0. The lowest BCUT2D eigenvalue weighted by molar-refractivity contribution is 0.0938. The first-order valence-electron chi connectivity index (χ1n) is 11.6. The molecule has 1 amide bonds. The highest BCUT2D eigenvalue weighted by atomic mass is 35.5. The number of carbonyl (C=O) groups is 1. The van der Waals surface area contributed by atoms with Crippen LogP contribution in [0.15, 0.2) is 67.0 Å². The Bertz CT molecular complexity index is 1590. The number of sulfonamides is 1. The van der Waals surface area contributed by atoms with Gasteiger partial charge in [0, 0.05) is 24.5 Å². The Morgan fingerprint density at radius 3 is 2.56 bits per heavy atom. The Balaban J connectivity index is 1.58. The first-order chi connectivity index (χ1) is 18.7. The maximum absolute atomic E-state index is 12.4. The Morgan fingerprint density at radius 2 is 1.85 bits per heavy atom. The zero-order valence-corrected chi connectivity index (χ0v) is 22.5. The smallest absolute Gasteiger partial charge is 0.268 e. The van der Waals surface area contributed by atoms with Crippen LogP contribution in [-0.4, -0.2) is 60.5 Å². The van der Waals surface area contributed by atoms with E-state index in [4.69, 9.17) is 21.4 Å². The van der Waals surface area contributed by atoms with Crippen LogP contribution < -0.4 is 25.4 Å². The fourth-order valence-corrected chi connectivity index (χ4v) is 4.34. The summed E-state index contributed by atoms with van der Waals surface area (Å²) in [7, 11) is -2.00. The number of methoxy groups -OCH3 is 1. The van der Waals surface area contributed by atoms with Crippen LogP contribution >= 0.6 is 11.6 Å². The number of rotatable bonds is 11. The lowest BCUT2D eigenvalue weighted by Gasteiger charge is -2.16. The van der Waals surface area contributed by atoms with Gasteiger partial charge in [0.05, 0.1) is 43.2 Å². The van der Waals surface area contributed by atoms with E-state index in [1.807, 2.05) is 0 Å². The molecule has 2 heterocycles. The minimum Gasteiger partial charge on any atom is -0.494 e. The van der Waals surface area contributed by atoms with Crippen LogP contribution in [0.1, 0.15) is 10.5 Å². The fourth-order valence-electron chi connectivity index (χ4n) is 3.63. The fraction of sp³-hybridized carbons (Fsp3) is 0.160. The van der Waals surface area contributed by atoms with Gasteiger partial charge in [0.25, 0.3) is 5.91 Å². The summed E-state index contributed by atoms with van der Waals surface area (Å²) < 4.78 is 33.2. The van der Waals surface area contributed by atoms with Crippen molar-refractivity contribution in [1.29, 1.82) is 0 Å². The number of hydrogen-bond donors (Lipinski definition) is 5. The summed E-state index contributed by atoms with van der Waals surface area (Å²) in [5, 5.41) is 18.0. The third-order valence-corrected chi connectivity index (χ3v) is 6.18. The van der Waals surface area contributed by atoms with Crippen molar-refractivity contribution in [3.05, 3.63) is 77.7 Å². The summed E-state index contributed by atoms with van der Waals surface area (Å²) in [6, 6.07) is 15.4. The van der Waals surface area contributed by atoms with Crippen molar-refractivity contribution < 1.29 is 23.1 Å². The molecule has 0 aliphatic rings. The normalized spacial score (nSPS) is 11.1. The molecule has 204 valence electrons. The van der Waals surface area contributed by atoms with Crippen molar-refractivity contribution in [1.82, 2.24) is 19.9 Å². The average molecular weight is 572 g/mol. The van der Waals surface area contributed by atoms with E-state index in [9.17, 15) is 13.2 Å². The number of carbonyl (C=O) groups excluding carboxylic acids is 1. The number of ether oxygens (including phenoxy) is 1. The molecule has 0 saturated carbocycles. The SMILES string of the molecule is COc1cc(-n2cccc2C(=O)NCCO)ccc1Nc1ncc(Cl)c(Nc2ccccc2NS(C)(=O)=O)n1. The first kappa shape index (κ1) is 27.7. The van der Waals surface area contributed by atoms with Crippen molar-refractivity contribution in [2.45, 2.75) is 0 Å². The molecule has 12 nitrogen and oxygen atoms in total. The highest BCUT2D eigenvalue weighted by Gasteiger charge is 2.15. The quantitative estimate of drug-likeness (QED) is 0.181. The van der Waals surface area contributed by atoms with Gasteiger partial charge in [-0.1, -0.05) is 23.7 Å². The van der Waals surface area contributed by atoms with Gasteiger partial charge >= 0.3 is 0 Å². The summed E-state index contributed by atoms with van der Waals surface area (Å²) in [5.74, 6) is 0.585. The lowest BCUT2D eigenvalue weighted by Crippen LogP contribution is -2.28. The standard InChI is InChI=1S/C25H26ClN7O5S/c1-38-22-14-16(33-12-5-8-21(33)24(35)27-11-13-34)9-10-20(22)30-25-28-15-17(26)23(31-25)29-18-6-3-4-7-19(18)32-39(2,36)37/h3-10,12,14-15,32,34H,11,13H2,1-2H3,(H,27,35)(H2,28,29,30,31). The number of hydrogen-bond acceptors (Lipinski definition) is 9. The Hall–Kier alpha value is -4.33. The number of aliphatic hydroxyl groups excluding tert-OH is 1. The zero-order chi connectivity index (χ0) is 28.0. The summed E-state index contributed by atoms with van der Waals surface area (Å²) >= 11 is 6.32. The van der Waals surface area contributed by atoms with Crippen LogP contribution in [0.25, 0.3) is 5.69 Å². The molecule has 0 atom stereocenters. The Labute approximate surface area is 230 Å². The molecule has 0 fully saturated rings. The van der Waals surface area contributed by atoms with E-state index in [0.717, 1.165) is 6.26 Å². The lowest BCUT2D eigenvalue weighted by atomic mass is 10.2. The largest absolute Gasteiger partial charge is 0.494 e. The van der Waals surface area contributed by atoms with Gasteiger partial charge in [0.15, 0.2) is 5.82 Å². The van der Waals surface area contributed by atoms with Gasteiger partial charge in [-0.2, -0.15) is 4.98 Å².